The fraction of sp³-hybridized carbons (Fsp3) is 0.263. The maximum atomic E-state index is 13.0. The summed E-state index contributed by atoms with van der Waals surface area (Å²) in [6.45, 7) is 2.79. The number of hydrogen-bond donors (Lipinski definition) is 0. The monoisotopic (exact) mass is 384 g/mol. The maximum absolute atomic E-state index is 13.0. The highest BCUT2D eigenvalue weighted by Gasteiger charge is 2.54. The number of carbonyl (C=O) groups is 2. The van der Waals surface area contributed by atoms with Gasteiger partial charge in [-0.3, -0.25) is 14.6 Å². The SMILES string of the molecule is CCOc1ccc(N2C(=O)[C@H]3N=NN(Cc4cccc(Cl)c4)[C@@H]3C2=O)cc1. The lowest BCUT2D eigenvalue weighted by molar-refractivity contribution is -0.123. The number of amides is 2. The van der Waals surface area contributed by atoms with Crippen molar-refractivity contribution in [1.82, 2.24) is 5.01 Å². The number of carbonyl (C=O) groups excluding carboxylic acids is 2. The third kappa shape index (κ3) is 3.14. The van der Waals surface area contributed by atoms with Crippen LogP contribution in [0.1, 0.15) is 12.5 Å². The summed E-state index contributed by atoms with van der Waals surface area (Å²) in [5.41, 5.74) is 1.39. The summed E-state index contributed by atoms with van der Waals surface area (Å²) in [5, 5.41) is 10.2. The number of anilines is 1. The molecule has 7 nitrogen and oxygen atoms in total. The first-order valence-corrected chi connectivity index (χ1v) is 8.99. The van der Waals surface area contributed by atoms with E-state index in [1.54, 1.807) is 41.4 Å². The molecule has 2 aromatic carbocycles. The van der Waals surface area contributed by atoms with Crippen LogP contribution < -0.4 is 9.64 Å². The van der Waals surface area contributed by atoms with Gasteiger partial charge in [0.15, 0.2) is 12.1 Å². The van der Waals surface area contributed by atoms with E-state index in [9.17, 15) is 9.59 Å². The van der Waals surface area contributed by atoms with Gasteiger partial charge in [0.1, 0.15) is 5.75 Å². The van der Waals surface area contributed by atoms with E-state index in [0.29, 0.717) is 29.6 Å². The number of halogens is 1. The highest BCUT2D eigenvalue weighted by Crippen LogP contribution is 2.33. The van der Waals surface area contributed by atoms with Gasteiger partial charge >= 0.3 is 0 Å². The van der Waals surface area contributed by atoms with Crippen LogP contribution >= 0.6 is 11.6 Å². The van der Waals surface area contributed by atoms with Crippen molar-refractivity contribution < 1.29 is 14.3 Å². The molecule has 1 fully saturated rings. The summed E-state index contributed by atoms with van der Waals surface area (Å²) in [6.07, 6.45) is 0. The Kier molecular flexibility index (Phi) is 4.53. The highest BCUT2D eigenvalue weighted by molar-refractivity contribution is 6.30. The molecule has 0 aliphatic carbocycles. The minimum Gasteiger partial charge on any atom is -0.494 e. The molecule has 0 bridgehead atoms. The van der Waals surface area contributed by atoms with Gasteiger partial charge in [-0.15, -0.1) is 0 Å². The van der Waals surface area contributed by atoms with Crippen molar-refractivity contribution in [2.75, 3.05) is 11.5 Å². The van der Waals surface area contributed by atoms with Gasteiger partial charge < -0.3 is 4.74 Å². The molecule has 27 heavy (non-hydrogen) atoms. The maximum Gasteiger partial charge on any atom is 0.263 e. The molecule has 0 saturated carbocycles. The van der Waals surface area contributed by atoms with Gasteiger partial charge in [0.25, 0.3) is 11.8 Å². The number of hydrogen-bond acceptors (Lipinski definition) is 6. The van der Waals surface area contributed by atoms with Gasteiger partial charge in [-0.05, 0) is 48.9 Å². The number of benzene rings is 2. The van der Waals surface area contributed by atoms with Crippen LogP contribution in [0.3, 0.4) is 0 Å². The lowest BCUT2D eigenvalue weighted by atomic mass is 10.1. The zero-order chi connectivity index (χ0) is 19.0. The van der Waals surface area contributed by atoms with Gasteiger partial charge in [-0.25, -0.2) is 4.90 Å². The van der Waals surface area contributed by atoms with Gasteiger partial charge in [0, 0.05) is 5.02 Å². The Hall–Kier alpha value is -2.93. The molecule has 0 N–H and O–H groups in total. The molecule has 1 saturated heterocycles. The Bertz CT molecular complexity index is 915. The molecule has 2 aromatic rings. The van der Waals surface area contributed by atoms with Crippen LogP contribution in [-0.2, 0) is 16.1 Å². The van der Waals surface area contributed by atoms with Crippen LogP contribution in [0.2, 0.25) is 5.02 Å². The molecule has 0 radical (unpaired) electrons. The van der Waals surface area contributed by atoms with Crippen molar-refractivity contribution in [1.29, 1.82) is 0 Å². The van der Waals surface area contributed by atoms with E-state index in [-0.39, 0.29) is 11.8 Å². The van der Waals surface area contributed by atoms with E-state index in [1.165, 1.54) is 4.90 Å². The minimum absolute atomic E-state index is 0.332. The quantitative estimate of drug-likeness (QED) is 0.742. The first-order chi connectivity index (χ1) is 13.1. The minimum atomic E-state index is -0.816. The topological polar surface area (TPSA) is 74.6 Å². The standard InChI is InChI=1S/C19H17ClN4O3/c1-2-27-15-8-6-14(7-9-15)24-18(25)16-17(19(24)26)23(22-21-16)11-12-4-3-5-13(20)10-12/h3-10,16-17H,2,11H2,1H3/t16-,17-/m0/s1. The van der Waals surface area contributed by atoms with Crippen LogP contribution in [0, 0.1) is 0 Å². The molecule has 4 rings (SSSR count). The molecule has 8 heteroatoms. The van der Waals surface area contributed by atoms with E-state index in [1.807, 2.05) is 19.1 Å². The van der Waals surface area contributed by atoms with E-state index in [2.05, 4.69) is 10.3 Å². The molecule has 0 aromatic heterocycles. The van der Waals surface area contributed by atoms with Crippen molar-refractivity contribution >= 4 is 29.1 Å². The largest absolute Gasteiger partial charge is 0.494 e. The Labute approximate surface area is 161 Å². The van der Waals surface area contributed by atoms with Gasteiger partial charge in [-0.1, -0.05) is 29.0 Å². The summed E-state index contributed by atoms with van der Waals surface area (Å²) >= 11 is 6.02. The summed E-state index contributed by atoms with van der Waals surface area (Å²) in [4.78, 5) is 26.9. The summed E-state index contributed by atoms with van der Waals surface area (Å²) < 4.78 is 5.40. The van der Waals surface area contributed by atoms with Crippen LogP contribution in [0.25, 0.3) is 0 Å². The average molecular weight is 385 g/mol. The molecule has 2 aliphatic heterocycles. The van der Waals surface area contributed by atoms with E-state index in [4.69, 9.17) is 16.3 Å². The summed E-state index contributed by atoms with van der Waals surface area (Å²) in [7, 11) is 0. The van der Waals surface area contributed by atoms with Crippen molar-refractivity contribution in [3.8, 4) is 5.75 Å². The zero-order valence-corrected chi connectivity index (χ0v) is 15.3. The van der Waals surface area contributed by atoms with Gasteiger partial charge in [0.05, 0.1) is 18.8 Å². The summed E-state index contributed by atoms with van der Waals surface area (Å²) in [5.74, 6) is -0.0181. The molecule has 2 atom stereocenters. The summed E-state index contributed by atoms with van der Waals surface area (Å²) in [6, 6.07) is 12.6. The molecule has 2 amide bonds. The molecular formula is C19H17ClN4O3. The molecule has 2 heterocycles. The third-order valence-corrected chi connectivity index (χ3v) is 4.73. The Morgan fingerprint density at radius 2 is 1.89 bits per heavy atom. The average Bonchev–Trinajstić information content (AvgIpc) is 3.17. The highest BCUT2D eigenvalue weighted by atomic mass is 35.5. The fourth-order valence-electron chi connectivity index (χ4n) is 3.29. The Morgan fingerprint density at radius 3 is 2.59 bits per heavy atom. The second kappa shape index (κ2) is 7.00. The molecule has 0 unspecified atom stereocenters. The Balaban J connectivity index is 1.56. The van der Waals surface area contributed by atoms with Crippen LogP contribution in [0.15, 0.2) is 58.9 Å². The third-order valence-electron chi connectivity index (χ3n) is 4.50. The second-order valence-electron chi connectivity index (χ2n) is 6.26. The van der Waals surface area contributed by atoms with Crippen molar-refractivity contribution in [2.45, 2.75) is 25.6 Å². The lowest BCUT2D eigenvalue weighted by Crippen LogP contribution is -2.39. The smallest absolute Gasteiger partial charge is 0.263 e. The first-order valence-electron chi connectivity index (χ1n) is 8.61. The van der Waals surface area contributed by atoms with E-state index >= 15 is 0 Å². The second-order valence-corrected chi connectivity index (χ2v) is 6.70. The lowest BCUT2D eigenvalue weighted by Gasteiger charge is -2.20. The van der Waals surface area contributed by atoms with Crippen molar-refractivity contribution in [2.24, 2.45) is 10.3 Å². The number of ether oxygens (including phenoxy) is 1. The first kappa shape index (κ1) is 17.5. The molecule has 0 spiro atoms. The predicted octanol–water partition coefficient (Wildman–Crippen LogP) is 3.23. The number of rotatable bonds is 5. The zero-order valence-electron chi connectivity index (χ0n) is 14.6. The van der Waals surface area contributed by atoms with Gasteiger partial charge in [-0.2, -0.15) is 5.11 Å². The van der Waals surface area contributed by atoms with Crippen LogP contribution in [0.4, 0.5) is 5.69 Å². The Morgan fingerprint density at radius 1 is 1.11 bits per heavy atom. The van der Waals surface area contributed by atoms with Crippen LogP contribution in [-0.4, -0.2) is 35.5 Å². The van der Waals surface area contributed by atoms with Crippen LogP contribution in [0.5, 0.6) is 5.75 Å². The number of nitrogens with zero attached hydrogens (tertiary/aromatic N) is 4. The number of imide groups is 1. The molecular weight excluding hydrogens is 368 g/mol. The van der Waals surface area contributed by atoms with Crippen molar-refractivity contribution in [3.05, 3.63) is 59.1 Å². The molecule has 138 valence electrons. The van der Waals surface area contributed by atoms with E-state index < -0.39 is 12.1 Å². The number of fused-ring (bicyclic) bond motifs is 1. The van der Waals surface area contributed by atoms with Gasteiger partial charge in [0.2, 0.25) is 0 Å². The van der Waals surface area contributed by atoms with E-state index in [0.717, 1.165) is 5.56 Å². The molecule has 2 aliphatic rings. The van der Waals surface area contributed by atoms with Crippen molar-refractivity contribution in [3.63, 3.8) is 0 Å². The fourth-order valence-corrected chi connectivity index (χ4v) is 3.50. The normalized spacial score (nSPS) is 21.1. The predicted molar refractivity (Wildman–Crippen MR) is 99.5 cm³/mol.